The molecule has 102 valence electrons. The Morgan fingerprint density at radius 2 is 1.90 bits per heavy atom. The molecule has 2 aromatic rings. The maximum Gasteiger partial charge on any atom is 0.225 e. The van der Waals surface area contributed by atoms with Gasteiger partial charge in [-0.15, -0.1) is 0 Å². The summed E-state index contributed by atoms with van der Waals surface area (Å²) in [6.07, 6.45) is 7.12. The van der Waals surface area contributed by atoms with E-state index in [4.69, 9.17) is 11.6 Å². The van der Waals surface area contributed by atoms with Gasteiger partial charge in [0, 0.05) is 19.3 Å². The van der Waals surface area contributed by atoms with Gasteiger partial charge in [-0.2, -0.15) is 0 Å². The second-order valence-electron chi connectivity index (χ2n) is 4.50. The number of hydrogen-bond acceptors (Lipinski definition) is 4. The van der Waals surface area contributed by atoms with Gasteiger partial charge >= 0.3 is 0 Å². The van der Waals surface area contributed by atoms with Gasteiger partial charge in [-0.25, -0.2) is 19.3 Å². The minimum absolute atomic E-state index is 0.422. The Bertz CT molecular complexity index is 625. The Labute approximate surface area is 121 Å². The van der Waals surface area contributed by atoms with Crippen LogP contribution in [0, 0.1) is 5.82 Å². The highest BCUT2D eigenvalue weighted by atomic mass is 35.5. The molecule has 1 aliphatic heterocycles. The van der Waals surface area contributed by atoms with Gasteiger partial charge in [0.2, 0.25) is 5.95 Å². The van der Waals surface area contributed by atoms with E-state index in [0.29, 0.717) is 17.6 Å². The number of halogens is 2. The molecule has 0 saturated heterocycles. The number of nitrogens with zero attached hydrogens (tertiary/aromatic N) is 4. The zero-order valence-electron chi connectivity index (χ0n) is 10.6. The maximum atomic E-state index is 12.8. The highest BCUT2D eigenvalue weighted by Crippen LogP contribution is 2.24. The first kappa shape index (κ1) is 13.0. The molecule has 0 spiro atoms. The first-order valence-electron chi connectivity index (χ1n) is 6.26. The van der Waals surface area contributed by atoms with E-state index in [1.54, 1.807) is 12.3 Å². The van der Waals surface area contributed by atoms with Crippen LogP contribution in [0.15, 0.2) is 36.8 Å². The van der Waals surface area contributed by atoms with Crippen LogP contribution < -0.4 is 4.90 Å². The molecule has 0 aliphatic carbocycles. The van der Waals surface area contributed by atoms with Crippen molar-refractivity contribution in [1.29, 1.82) is 0 Å². The van der Waals surface area contributed by atoms with E-state index >= 15 is 0 Å². The predicted octanol–water partition coefficient (Wildman–Crippen LogP) is 2.96. The molecule has 0 saturated carbocycles. The van der Waals surface area contributed by atoms with Crippen molar-refractivity contribution in [3.63, 3.8) is 0 Å². The third kappa shape index (κ3) is 2.77. The number of rotatable bonds is 2. The molecule has 0 bridgehead atoms. The van der Waals surface area contributed by atoms with Crippen molar-refractivity contribution in [3.05, 3.63) is 53.3 Å². The Balaban J connectivity index is 1.74. The van der Waals surface area contributed by atoms with E-state index in [1.165, 1.54) is 18.0 Å². The molecule has 3 heterocycles. The normalized spacial score (nSPS) is 15.1. The van der Waals surface area contributed by atoms with Crippen LogP contribution in [0.4, 0.5) is 10.3 Å². The van der Waals surface area contributed by atoms with Crippen LogP contribution in [0.3, 0.4) is 0 Å². The van der Waals surface area contributed by atoms with Crippen LogP contribution in [0.5, 0.6) is 0 Å². The van der Waals surface area contributed by atoms with E-state index < -0.39 is 5.82 Å². The minimum Gasteiger partial charge on any atom is -0.337 e. The Morgan fingerprint density at radius 1 is 1.10 bits per heavy atom. The summed E-state index contributed by atoms with van der Waals surface area (Å²) in [5.74, 6) is 0.130. The predicted molar refractivity (Wildman–Crippen MR) is 76.0 cm³/mol. The summed E-state index contributed by atoms with van der Waals surface area (Å²) in [5.41, 5.74) is 2.31. The van der Waals surface area contributed by atoms with Gasteiger partial charge in [-0.1, -0.05) is 23.7 Å². The summed E-state index contributed by atoms with van der Waals surface area (Å²) in [4.78, 5) is 14.1. The fourth-order valence-corrected chi connectivity index (χ4v) is 2.26. The Hall–Kier alpha value is -2.01. The first-order valence-corrected chi connectivity index (χ1v) is 6.63. The van der Waals surface area contributed by atoms with Crippen LogP contribution in [-0.2, 0) is 0 Å². The first-order chi connectivity index (χ1) is 9.72. The standard InChI is InChI=1S/C14H12ClFN4/c15-13-2-1-11(7-17-13)10-3-5-20(6-4-10)14-18-8-12(16)9-19-14/h1-3,7-9H,4-6H2. The Kier molecular flexibility index (Phi) is 3.60. The van der Waals surface area contributed by atoms with Crippen LogP contribution in [0.1, 0.15) is 12.0 Å². The van der Waals surface area contributed by atoms with E-state index in [-0.39, 0.29) is 0 Å². The molecular weight excluding hydrogens is 279 g/mol. The molecule has 0 atom stereocenters. The lowest BCUT2D eigenvalue weighted by molar-refractivity contribution is 0.611. The van der Waals surface area contributed by atoms with Crippen molar-refractivity contribution in [2.45, 2.75) is 6.42 Å². The lowest BCUT2D eigenvalue weighted by Gasteiger charge is -2.26. The van der Waals surface area contributed by atoms with Crippen LogP contribution in [0.2, 0.25) is 5.15 Å². The quantitative estimate of drug-likeness (QED) is 0.798. The van der Waals surface area contributed by atoms with E-state index in [0.717, 1.165) is 18.5 Å². The molecule has 6 heteroatoms. The smallest absolute Gasteiger partial charge is 0.225 e. The summed E-state index contributed by atoms with van der Waals surface area (Å²) < 4.78 is 12.8. The molecule has 20 heavy (non-hydrogen) atoms. The van der Waals surface area contributed by atoms with Gasteiger partial charge in [0.25, 0.3) is 0 Å². The van der Waals surface area contributed by atoms with Gasteiger partial charge in [0.15, 0.2) is 5.82 Å². The molecule has 0 fully saturated rings. The van der Waals surface area contributed by atoms with Gasteiger partial charge in [0.05, 0.1) is 12.4 Å². The van der Waals surface area contributed by atoms with Crippen molar-refractivity contribution in [3.8, 4) is 0 Å². The second-order valence-corrected chi connectivity index (χ2v) is 4.88. The fraction of sp³-hybridized carbons (Fsp3) is 0.214. The summed E-state index contributed by atoms with van der Waals surface area (Å²) in [5, 5.41) is 0.492. The second kappa shape index (κ2) is 5.54. The average Bonchev–Trinajstić information content (AvgIpc) is 2.49. The summed E-state index contributed by atoms with van der Waals surface area (Å²) in [6, 6.07) is 3.75. The summed E-state index contributed by atoms with van der Waals surface area (Å²) >= 11 is 5.78. The molecule has 0 N–H and O–H groups in total. The van der Waals surface area contributed by atoms with Crippen molar-refractivity contribution in [2.75, 3.05) is 18.0 Å². The summed E-state index contributed by atoms with van der Waals surface area (Å²) in [7, 11) is 0. The fourth-order valence-electron chi connectivity index (χ4n) is 2.15. The molecule has 2 aromatic heterocycles. The van der Waals surface area contributed by atoms with Gasteiger partial charge < -0.3 is 4.90 Å². The van der Waals surface area contributed by atoms with Gasteiger partial charge in [-0.3, -0.25) is 0 Å². The number of pyridine rings is 1. The van der Waals surface area contributed by atoms with Gasteiger partial charge in [-0.05, 0) is 23.6 Å². The number of aromatic nitrogens is 3. The van der Waals surface area contributed by atoms with Crippen molar-refractivity contribution < 1.29 is 4.39 Å². The molecule has 3 rings (SSSR count). The van der Waals surface area contributed by atoms with Crippen molar-refractivity contribution in [2.24, 2.45) is 0 Å². The van der Waals surface area contributed by atoms with E-state index in [2.05, 4.69) is 21.0 Å². The maximum absolute atomic E-state index is 12.8. The minimum atomic E-state index is -0.422. The topological polar surface area (TPSA) is 41.9 Å². The molecule has 1 aliphatic rings. The van der Waals surface area contributed by atoms with Crippen LogP contribution in [0.25, 0.3) is 5.57 Å². The number of hydrogen-bond donors (Lipinski definition) is 0. The largest absolute Gasteiger partial charge is 0.337 e. The van der Waals surface area contributed by atoms with Crippen LogP contribution in [-0.4, -0.2) is 28.0 Å². The molecule has 0 amide bonds. The zero-order chi connectivity index (χ0) is 13.9. The number of anilines is 1. The third-order valence-corrected chi connectivity index (χ3v) is 3.42. The van der Waals surface area contributed by atoms with Crippen molar-refractivity contribution >= 4 is 23.1 Å². The molecule has 0 unspecified atom stereocenters. The highest BCUT2D eigenvalue weighted by molar-refractivity contribution is 6.29. The highest BCUT2D eigenvalue weighted by Gasteiger charge is 2.15. The lowest BCUT2D eigenvalue weighted by atomic mass is 10.0. The lowest BCUT2D eigenvalue weighted by Crippen LogP contribution is -2.29. The summed E-state index contributed by atoms with van der Waals surface area (Å²) in [6.45, 7) is 1.49. The third-order valence-electron chi connectivity index (χ3n) is 3.20. The Morgan fingerprint density at radius 3 is 2.50 bits per heavy atom. The molecule has 0 aromatic carbocycles. The molecule has 4 nitrogen and oxygen atoms in total. The van der Waals surface area contributed by atoms with E-state index in [9.17, 15) is 4.39 Å². The SMILES string of the molecule is Fc1cnc(N2CC=C(c3ccc(Cl)nc3)CC2)nc1. The van der Waals surface area contributed by atoms with Gasteiger partial charge in [0.1, 0.15) is 5.15 Å². The molecular formula is C14H12ClFN4. The van der Waals surface area contributed by atoms with Crippen molar-refractivity contribution in [1.82, 2.24) is 15.0 Å². The van der Waals surface area contributed by atoms with E-state index in [1.807, 2.05) is 11.0 Å². The monoisotopic (exact) mass is 290 g/mol. The zero-order valence-corrected chi connectivity index (χ0v) is 11.4. The van der Waals surface area contributed by atoms with Crippen LogP contribution >= 0.6 is 11.6 Å². The average molecular weight is 291 g/mol. The molecule has 0 radical (unpaired) electrons.